The standard InChI is InChI=1S/C23H26N2O.CH4N2O/c1-15-9-10-25-22(11-15)19-12-18(4)23(13-17(19)3)26-14-20-16(2)7-6-8-21(20)24-5;2-3-1-4/h6-13,24H,14H2,1-5H3;1H,2H2,(H,3,4). The van der Waals surface area contributed by atoms with Crippen molar-refractivity contribution in [3.8, 4) is 17.0 Å². The van der Waals surface area contributed by atoms with Gasteiger partial charge in [-0.1, -0.05) is 12.1 Å². The smallest absolute Gasteiger partial charge is 0.221 e. The summed E-state index contributed by atoms with van der Waals surface area (Å²) in [5, 5.41) is 3.25. The molecule has 1 heterocycles. The second-order valence-corrected chi connectivity index (χ2v) is 7.08. The number of aryl methyl sites for hydroxylation is 4. The van der Waals surface area contributed by atoms with E-state index >= 15 is 0 Å². The number of anilines is 1. The topological polar surface area (TPSA) is 89.3 Å². The summed E-state index contributed by atoms with van der Waals surface area (Å²) in [6, 6.07) is 14.7. The van der Waals surface area contributed by atoms with Crippen LogP contribution in [-0.4, -0.2) is 18.4 Å². The number of hydrazine groups is 1. The Morgan fingerprint density at radius 2 is 1.77 bits per heavy atom. The monoisotopic (exact) mass is 406 g/mol. The number of ether oxygens (including phenoxy) is 1. The number of aromatic nitrogens is 1. The van der Waals surface area contributed by atoms with Crippen LogP contribution in [-0.2, 0) is 11.4 Å². The molecule has 0 radical (unpaired) electrons. The largest absolute Gasteiger partial charge is 0.489 e. The van der Waals surface area contributed by atoms with Crippen LogP contribution >= 0.6 is 0 Å². The van der Waals surface area contributed by atoms with Crippen molar-refractivity contribution in [2.45, 2.75) is 34.3 Å². The van der Waals surface area contributed by atoms with Gasteiger partial charge in [-0.2, -0.15) is 0 Å². The molecule has 0 atom stereocenters. The highest BCUT2D eigenvalue weighted by Crippen LogP contribution is 2.30. The first kappa shape index (κ1) is 22.9. The molecule has 0 aliphatic heterocycles. The van der Waals surface area contributed by atoms with Crippen molar-refractivity contribution < 1.29 is 9.53 Å². The third-order valence-electron chi connectivity index (χ3n) is 4.83. The lowest BCUT2D eigenvalue weighted by Crippen LogP contribution is -2.18. The highest BCUT2D eigenvalue weighted by atomic mass is 16.5. The van der Waals surface area contributed by atoms with Gasteiger partial charge < -0.3 is 10.1 Å². The van der Waals surface area contributed by atoms with Gasteiger partial charge in [0.25, 0.3) is 0 Å². The Morgan fingerprint density at radius 1 is 1.03 bits per heavy atom. The van der Waals surface area contributed by atoms with Crippen molar-refractivity contribution in [3.05, 3.63) is 76.5 Å². The Hall–Kier alpha value is -3.38. The lowest BCUT2D eigenvalue weighted by Gasteiger charge is -2.16. The molecular weight excluding hydrogens is 376 g/mol. The summed E-state index contributed by atoms with van der Waals surface area (Å²) >= 11 is 0. The van der Waals surface area contributed by atoms with Crippen molar-refractivity contribution in [1.82, 2.24) is 10.4 Å². The lowest BCUT2D eigenvalue weighted by atomic mass is 10.0. The van der Waals surface area contributed by atoms with Crippen molar-refractivity contribution in [3.63, 3.8) is 0 Å². The quantitative estimate of drug-likeness (QED) is 0.247. The molecule has 0 unspecified atom stereocenters. The SMILES string of the molecule is CNc1cccc(C)c1COc1cc(C)c(-c2cc(C)ccn2)cc1C.NNC=O. The van der Waals surface area contributed by atoms with E-state index in [9.17, 15) is 0 Å². The predicted octanol–water partition coefficient (Wildman–Crippen LogP) is 4.21. The van der Waals surface area contributed by atoms with E-state index in [1.54, 1.807) is 5.43 Å². The number of carbonyl (C=O) groups excluding carboxylic acids is 1. The summed E-state index contributed by atoms with van der Waals surface area (Å²) in [4.78, 5) is 13.5. The fraction of sp³-hybridized carbons (Fsp3) is 0.250. The van der Waals surface area contributed by atoms with Gasteiger partial charge in [-0.15, -0.1) is 0 Å². The van der Waals surface area contributed by atoms with E-state index in [0.717, 1.165) is 28.3 Å². The first-order valence-electron chi connectivity index (χ1n) is 9.74. The third-order valence-corrected chi connectivity index (χ3v) is 4.83. The second-order valence-electron chi connectivity index (χ2n) is 7.08. The number of nitrogens with zero attached hydrogens (tertiary/aromatic N) is 1. The molecule has 0 spiro atoms. The van der Waals surface area contributed by atoms with Crippen LogP contribution in [0.5, 0.6) is 5.75 Å². The number of benzene rings is 2. The van der Waals surface area contributed by atoms with Crippen LogP contribution in [0.2, 0.25) is 0 Å². The zero-order valence-corrected chi connectivity index (χ0v) is 18.2. The molecule has 6 nitrogen and oxygen atoms in total. The number of nitrogens with two attached hydrogens (primary N) is 1. The summed E-state index contributed by atoms with van der Waals surface area (Å²) in [6.45, 7) is 8.95. The Labute approximate surface area is 178 Å². The predicted molar refractivity (Wildman–Crippen MR) is 122 cm³/mol. The van der Waals surface area contributed by atoms with E-state index < -0.39 is 0 Å². The van der Waals surface area contributed by atoms with Gasteiger partial charge >= 0.3 is 0 Å². The molecule has 0 aliphatic rings. The first-order valence-corrected chi connectivity index (χ1v) is 9.74. The van der Waals surface area contributed by atoms with E-state index in [0.29, 0.717) is 13.0 Å². The maximum Gasteiger partial charge on any atom is 0.221 e. The number of pyridine rings is 1. The van der Waals surface area contributed by atoms with E-state index in [1.165, 1.54) is 22.3 Å². The molecule has 1 aromatic heterocycles. The number of hydrogen-bond acceptors (Lipinski definition) is 5. The summed E-state index contributed by atoms with van der Waals surface area (Å²) in [5.74, 6) is 5.33. The van der Waals surface area contributed by atoms with Gasteiger partial charge in [-0.3, -0.25) is 15.2 Å². The van der Waals surface area contributed by atoms with Crippen LogP contribution in [0.1, 0.15) is 27.8 Å². The average molecular weight is 407 g/mol. The lowest BCUT2D eigenvalue weighted by molar-refractivity contribution is -0.109. The van der Waals surface area contributed by atoms with Crippen molar-refractivity contribution in [2.75, 3.05) is 12.4 Å². The normalized spacial score (nSPS) is 9.93. The molecule has 3 rings (SSSR count). The average Bonchev–Trinajstić information content (AvgIpc) is 2.74. The molecule has 158 valence electrons. The van der Waals surface area contributed by atoms with Gasteiger partial charge in [0.15, 0.2) is 0 Å². The highest BCUT2D eigenvalue weighted by Gasteiger charge is 2.11. The van der Waals surface area contributed by atoms with Crippen LogP contribution in [0.25, 0.3) is 11.3 Å². The summed E-state index contributed by atoms with van der Waals surface area (Å²) in [6.07, 6.45) is 2.27. The maximum absolute atomic E-state index is 8.94. The van der Waals surface area contributed by atoms with Gasteiger partial charge in [0.05, 0.1) is 5.69 Å². The molecule has 0 saturated carbocycles. The molecule has 2 aromatic carbocycles. The summed E-state index contributed by atoms with van der Waals surface area (Å²) < 4.78 is 6.18. The molecule has 30 heavy (non-hydrogen) atoms. The van der Waals surface area contributed by atoms with Gasteiger partial charge in [0.1, 0.15) is 12.4 Å². The molecule has 0 aliphatic carbocycles. The van der Waals surface area contributed by atoms with Gasteiger partial charge in [-0.25, -0.2) is 5.84 Å². The molecule has 0 bridgehead atoms. The molecular formula is C24H30N4O2. The number of rotatable bonds is 6. The first-order chi connectivity index (χ1) is 14.4. The van der Waals surface area contributed by atoms with Crippen molar-refractivity contribution in [2.24, 2.45) is 5.84 Å². The van der Waals surface area contributed by atoms with E-state index in [2.05, 4.69) is 80.2 Å². The summed E-state index contributed by atoms with van der Waals surface area (Å²) in [5.41, 5.74) is 10.9. The fourth-order valence-electron chi connectivity index (χ4n) is 3.18. The zero-order chi connectivity index (χ0) is 22.1. The minimum atomic E-state index is 0.403. The third kappa shape index (κ3) is 5.81. The van der Waals surface area contributed by atoms with Crippen LogP contribution in [0.3, 0.4) is 0 Å². The fourth-order valence-corrected chi connectivity index (χ4v) is 3.18. The Morgan fingerprint density at radius 3 is 2.40 bits per heavy atom. The van der Waals surface area contributed by atoms with E-state index in [1.807, 2.05) is 19.3 Å². The van der Waals surface area contributed by atoms with Crippen molar-refractivity contribution >= 4 is 12.1 Å². The molecule has 1 amide bonds. The maximum atomic E-state index is 8.94. The molecule has 0 saturated heterocycles. The number of nitrogens with one attached hydrogen (secondary N) is 2. The van der Waals surface area contributed by atoms with Gasteiger partial charge in [0.2, 0.25) is 6.41 Å². The molecule has 6 heteroatoms. The minimum Gasteiger partial charge on any atom is -0.489 e. The Kier molecular flexibility index (Phi) is 8.38. The van der Waals surface area contributed by atoms with Crippen LogP contribution in [0.4, 0.5) is 5.69 Å². The second kappa shape index (κ2) is 11.0. The van der Waals surface area contributed by atoms with E-state index in [-0.39, 0.29) is 0 Å². The van der Waals surface area contributed by atoms with Crippen LogP contribution in [0, 0.1) is 27.7 Å². The van der Waals surface area contributed by atoms with E-state index in [4.69, 9.17) is 9.53 Å². The van der Waals surface area contributed by atoms with Crippen LogP contribution < -0.4 is 21.3 Å². The number of hydrogen-bond donors (Lipinski definition) is 3. The van der Waals surface area contributed by atoms with Crippen molar-refractivity contribution in [1.29, 1.82) is 0 Å². The highest BCUT2D eigenvalue weighted by molar-refractivity contribution is 5.67. The molecule has 4 N–H and O–H groups in total. The zero-order valence-electron chi connectivity index (χ0n) is 18.2. The summed E-state index contributed by atoms with van der Waals surface area (Å²) in [7, 11) is 1.94. The molecule has 0 fully saturated rings. The number of amides is 1. The van der Waals surface area contributed by atoms with Gasteiger partial charge in [-0.05, 0) is 80.3 Å². The Bertz CT molecular complexity index is 1000. The van der Waals surface area contributed by atoms with Crippen LogP contribution in [0.15, 0.2) is 48.7 Å². The number of carbonyl (C=O) groups is 1. The van der Waals surface area contributed by atoms with Gasteiger partial charge in [0, 0.05) is 30.1 Å². The molecule has 3 aromatic rings. The minimum absolute atomic E-state index is 0.403. The Balaban J connectivity index is 0.000000735.